The number of hydrogen-bond acceptors (Lipinski definition) is 1. The third-order valence-corrected chi connectivity index (χ3v) is 2.24. The summed E-state index contributed by atoms with van der Waals surface area (Å²) in [6.07, 6.45) is 1.31. The number of methoxy groups -OCH3 is 1. The topological polar surface area (TPSA) is 9.23 Å². The zero-order valence-corrected chi connectivity index (χ0v) is 8.55. The van der Waals surface area contributed by atoms with Gasteiger partial charge in [-0.05, 0) is 24.2 Å². The Kier molecular flexibility index (Phi) is 5.57. The van der Waals surface area contributed by atoms with Gasteiger partial charge in [-0.3, -0.25) is 0 Å². The lowest BCUT2D eigenvalue weighted by atomic mass is 9.89. The molecule has 11 heavy (non-hydrogen) atoms. The van der Waals surface area contributed by atoms with Gasteiger partial charge in [0.25, 0.3) is 0 Å². The molecule has 0 spiro atoms. The maximum absolute atomic E-state index is 5.11. The number of hydrogen-bond donors (Lipinski definition) is 0. The van der Waals surface area contributed by atoms with Crippen LogP contribution >= 0.6 is 0 Å². The lowest BCUT2D eigenvalue weighted by Crippen LogP contribution is -2.15. The highest BCUT2D eigenvalue weighted by molar-refractivity contribution is 4.62. The standard InChI is InChI=1S/C10H22O/c1-8(2)6-9(3)10(4)7-11-5/h8-10H,6-7H2,1-5H3. The minimum absolute atomic E-state index is 0.697. The first kappa shape index (κ1) is 11.0. The van der Waals surface area contributed by atoms with Gasteiger partial charge in [0.05, 0.1) is 0 Å². The monoisotopic (exact) mass is 158 g/mol. The quantitative estimate of drug-likeness (QED) is 0.597. The molecule has 0 N–H and O–H groups in total. The second kappa shape index (κ2) is 5.59. The van der Waals surface area contributed by atoms with E-state index < -0.39 is 0 Å². The summed E-state index contributed by atoms with van der Waals surface area (Å²) in [5.74, 6) is 2.29. The van der Waals surface area contributed by atoms with Crippen molar-refractivity contribution >= 4 is 0 Å². The maximum atomic E-state index is 5.11. The predicted molar refractivity (Wildman–Crippen MR) is 49.7 cm³/mol. The van der Waals surface area contributed by atoms with Crippen LogP contribution in [0.15, 0.2) is 0 Å². The zero-order chi connectivity index (χ0) is 8.85. The Morgan fingerprint density at radius 3 is 1.91 bits per heavy atom. The highest BCUT2D eigenvalue weighted by Gasteiger charge is 2.12. The third-order valence-electron chi connectivity index (χ3n) is 2.24. The largest absolute Gasteiger partial charge is 0.384 e. The molecule has 1 heteroatoms. The van der Waals surface area contributed by atoms with E-state index in [0.29, 0.717) is 5.92 Å². The van der Waals surface area contributed by atoms with E-state index in [1.165, 1.54) is 6.42 Å². The Bertz CT molecular complexity index is 88.9. The summed E-state index contributed by atoms with van der Waals surface area (Å²) in [5, 5.41) is 0. The van der Waals surface area contributed by atoms with E-state index in [0.717, 1.165) is 18.4 Å². The van der Waals surface area contributed by atoms with Gasteiger partial charge >= 0.3 is 0 Å². The molecule has 0 heterocycles. The van der Waals surface area contributed by atoms with Gasteiger partial charge in [-0.25, -0.2) is 0 Å². The fourth-order valence-electron chi connectivity index (χ4n) is 1.40. The van der Waals surface area contributed by atoms with Crippen molar-refractivity contribution in [3.8, 4) is 0 Å². The molecule has 0 aromatic rings. The first-order valence-electron chi connectivity index (χ1n) is 4.56. The van der Waals surface area contributed by atoms with E-state index in [1.54, 1.807) is 7.11 Å². The van der Waals surface area contributed by atoms with Crippen molar-refractivity contribution in [1.29, 1.82) is 0 Å². The summed E-state index contributed by atoms with van der Waals surface area (Å²) < 4.78 is 5.11. The number of ether oxygens (including phenoxy) is 1. The van der Waals surface area contributed by atoms with Gasteiger partial charge in [0, 0.05) is 13.7 Å². The van der Waals surface area contributed by atoms with Gasteiger partial charge in [0.2, 0.25) is 0 Å². The van der Waals surface area contributed by atoms with Crippen molar-refractivity contribution in [2.45, 2.75) is 34.1 Å². The van der Waals surface area contributed by atoms with Crippen LogP contribution in [0.1, 0.15) is 34.1 Å². The summed E-state index contributed by atoms with van der Waals surface area (Å²) in [7, 11) is 1.78. The molecule has 1 nitrogen and oxygen atoms in total. The molecule has 0 fully saturated rings. The van der Waals surface area contributed by atoms with Crippen molar-refractivity contribution in [3.63, 3.8) is 0 Å². The van der Waals surface area contributed by atoms with Gasteiger partial charge < -0.3 is 4.74 Å². The Labute approximate surface area is 71.1 Å². The van der Waals surface area contributed by atoms with Crippen LogP contribution in [0.4, 0.5) is 0 Å². The smallest absolute Gasteiger partial charge is 0.0490 e. The molecule has 0 bridgehead atoms. The van der Waals surface area contributed by atoms with E-state index in [1.807, 2.05) is 0 Å². The molecule has 2 atom stereocenters. The first-order chi connectivity index (χ1) is 5.07. The van der Waals surface area contributed by atoms with Crippen LogP contribution < -0.4 is 0 Å². The molecular weight excluding hydrogens is 136 g/mol. The molecule has 0 aromatic heterocycles. The molecule has 0 aromatic carbocycles. The summed E-state index contributed by atoms with van der Waals surface area (Å²) in [6.45, 7) is 10.0. The van der Waals surface area contributed by atoms with Crippen molar-refractivity contribution in [1.82, 2.24) is 0 Å². The molecule has 0 aliphatic rings. The fourth-order valence-corrected chi connectivity index (χ4v) is 1.40. The second-order valence-corrected chi connectivity index (χ2v) is 4.04. The Balaban J connectivity index is 3.54. The summed E-state index contributed by atoms with van der Waals surface area (Å²) in [6, 6.07) is 0. The summed E-state index contributed by atoms with van der Waals surface area (Å²) in [4.78, 5) is 0. The molecule has 0 saturated carbocycles. The number of rotatable bonds is 5. The SMILES string of the molecule is COCC(C)C(C)CC(C)C. The summed E-state index contributed by atoms with van der Waals surface area (Å²) >= 11 is 0. The Morgan fingerprint density at radius 2 is 1.55 bits per heavy atom. The highest BCUT2D eigenvalue weighted by Crippen LogP contribution is 2.19. The zero-order valence-electron chi connectivity index (χ0n) is 8.55. The Morgan fingerprint density at radius 1 is 1.00 bits per heavy atom. The molecule has 0 aliphatic carbocycles. The van der Waals surface area contributed by atoms with Crippen LogP contribution in [0, 0.1) is 17.8 Å². The molecule has 0 saturated heterocycles. The molecule has 2 unspecified atom stereocenters. The van der Waals surface area contributed by atoms with Crippen molar-refractivity contribution in [3.05, 3.63) is 0 Å². The van der Waals surface area contributed by atoms with Crippen LogP contribution in [-0.2, 0) is 4.74 Å². The minimum Gasteiger partial charge on any atom is -0.384 e. The lowest BCUT2D eigenvalue weighted by Gasteiger charge is -2.20. The average Bonchev–Trinajstić information content (AvgIpc) is 1.86. The molecule has 0 amide bonds. The van der Waals surface area contributed by atoms with E-state index in [-0.39, 0.29) is 0 Å². The molecular formula is C10H22O. The van der Waals surface area contributed by atoms with Crippen LogP contribution in [0.5, 0.6) is 0 Å². The lowest BCUT2D eigenvalue weighted by molar-refractivity contribution is 0.127. The van der Waals surface area contributed by atoms with E-state index in [2.05, 4.69) is 27.7 Å². The van der Waals surface area contributed by atoms with Gasteiger partial charge in [0.1, 0.15) is 0 Å². The van der Waals surface area contributed by atoms with E-state index >= 15 is 0 Å². The Hall–Kier alpha value is -0.0400. The summed E-state index contributed by atoms with van der Waals surface area (Å²) in [5.41, 5.74) is 0. The first-order valence-corrected chi connectivity index (χ1v) is 4.56. The highest BCUT2D eigenvalue weighted by atomic mass is 16.5. The van der Waals surface area contributed by atoms with Crippen LogP contribution in [0.25, 0.3) is 0 Å². The normalized spacial score (nSPS) is 16.9. The van der Waals surface area contributed by atoms with Crippen molar-refractivity contribution in [2.75, 3.05) is 13.7 Å². The van der Waals surface area contributed by atoms with E-state index in [9.17, 15) is 0 Å². The van der Waals surface area contributed by atoms with E-state index in [4.69, 9.17) is 4.74 Å². The molecule has 0 radical (unpaired) electrons. The molecule has 0 aliphatic heterocycles. The van der Waals surface area contributed by atoms with Crippen LogP contribution in [-0.4, -0.2) is 13.7 Å². The molecule has 68 valence electrons. The third kappa shape index (κ3) is 5.25. The van der Waals surface area contributed by atoms with Crippen molar-refractivity contribution < 1.29 is 4.74 Å². The van der Waals surface area contributed by atoms with Crippen molar-refractivity contribution in [2.24, 2.45) is 17.8 Å². The van der Waals surface area contributed by atoms with Gasteiger partial charge in [-0.2, -0.15) is 0 Å². The average molecular weight is 158 g/mol. The van der Waals surface area contributed by atoms with Crippen LogP contribution in [0.3, 0.4) is 0 Å². The maximum Gasteiger partial charge on any atom is 0.0490 e. The molecule has 0 rings (SSSR count). The second-order valence-electron chi connectivity index (χ2n) is 4.04. The van der Waals surface area contributed by atoms with Gasteiger partial charge in [-0.15, -0.1) is 0 Å². The fraction of sp³-hybridized carbons (Fsp3) is 1.00. The predicted octanol–water partition coefficient (Wildman–Crippen LogP) is 2.95. The van der Waals surface area contributed by atoms with Gasteiger partial charge in [-0.1, -0.05) is 27.7 Å². The van der Waals surface area contributed by atoms with Gasteiger partial charge in [0.15, 0.2) is 0 Å². The van der Waals surface area contributed by atoms with Crippen LogP contribution in [0.2, 0.25) is 0 Å². The minimum atomic E-state index is 0.697.